The van der Waals surface area contributed by atoms with Crippen molar-refractivity contribution in [1.82, 2.24) is 4.57 Å². The summed E-state index contributed by atoms with van der Waals surface area (Å²) in [5.41, 5.74) is 18.2. The van der Waals surface area contributed by atoms with Gasteiger partial charge in [0.25, 0.3) is 0 Å². The maximum Gasteiger partial charge on any atom is 0.0584 e. The van der Waals surface area contributed by atoms with Crippen LogP contribution in [0.3, 0.4) is 0 Å². The summed E-state index contributed by atoms with van der Waals surface area (Å²) in [6, 6.07) is 78.1. The predicted molar refractivity (Wildman–Crippen MR) is 282 cm³/mol. The Morgan fingerprint density at radius 3 is 1.79 bits per heavy atom. The lowest BCUT2D eigenvalue weighted by molar-refractivity contribution is -0.0418. The number of fused-ring (bicyclic) bond motifs is 8. The van der Waals surface area contributed by atoms with Crippen LogP contribution in [-0.2, 0) is 5.41 Å². The van der Waals surface area contributed by atoms with Gasteiger partial charge in [-0.15, -0.1) is 11.3 Å². The molecule has 3 heteroatoms. The number of hydrogen-bond acceptors (Lipinski definition) is 2. The number of rotatable bonds is 6. The van der Waals surface area contributed by atoms with Gasteiger partial charge in [0.05, 0.1) is 16.7 Å². The van der Waals surface area contributed by atoms with E-state index in [0.717, 1.165) is 23.2 Å². The molecule has 16 rings (SSSR count). The van der Waals surface area contributed by atoms with Crippen molar-refractivity contribution in [2.24, 2.45) is 23.7 Å². The van der Waals surface area contributed by atoms with Gasteiger partial charge >= 0.3 is 0 Å². The highest BCUT2D eigenvalue weighted by molar-refractivity contribution is 7.25. The fourth-order valence-electron chi connectivity index (χ4n) is 14.4. The summed E-state index contributed by atoms with van der Waals surface area (Å²) in [4.78, 5) is 2.55. The lowest BCUT2D eigenvalue weighted by atomic mass is 9.41. The lowest BCUT2D eigenvalue weighted by Gasteiger charge is -2.63. The van der Waals surface area contributed by atoms with Crippen molar-refractivity contribution >= 4 is 70.4 Å². The molecule has 0 radical (unpaired) electrons. The highest BCUT2D eigenvalue weighted by Crippen LogP contribution is 2.68. The molecule has 4 aliphatic carbocycles. The molecule has 0 N–H and O–H groups in total. The SMILES string of the molecule is c1ccc(-c2ccc(N(c3ccc(-c4ccccc4-c4cccc5sc6ccccc6c45)cc3)c3cc4c5c(c3)c3ccccc3n5-c3ccccc3C43C4CC5CC(C4)CC3C5)cc2)cc1. The molecule has 11 aromatic rings. The van der Waals surface area contributed by atoms with Gasteiger partial charge in [0.15, 0.2) is 0 Å². The van der Waals surface area contributed by atoms with Crippen LogP contribution in [-0.4, -0.2) is 4.57 Å². The van der Waals surface area contributed by atoms with Crippen LogP contribution in [0.1, 0.15) is 43.2 Å². The van der Waals surface area contributed by atoms with E-state index in [1.54, 1.807) is 11.1 Å². The number of aromatic nitrogens is 1. The normalized spacial score (nSPS) is 21.2. The van der Waals surface area contributed by atoms with E-state index in [1.165, 1.54) is 119 Å². The van der Waals surface area contributed by atoms with Gasteiger partial charge in [0.1, 0.15) is 0 Å². The molecule has 67 heavy (non-hydrogen) atoms. The van der Waals surface area contributed by atoms with Gasteiger partial charge in [-0.1, -0.05) is 146 Å². The molecule has 4 fully saturated rings. The minimum absolute atomic E-state index is 0.0182. The maximum absolute atomic E-state index is 2.66. The zero-order valence-corrected chi connectivity index (χ0v) is 38.1. The fraction of sp³-hybridized carbons (Fsp3) is 0.156. The molecule has 4 bridgehead atoms. The molecule has 0 amide bonds. The van der Waals surface area contributed by atoms with Gasteiger partial charge in [0.2, 0.25) is 0 Å². The van der Waals surface area contributed by atoms with Crippen LogP contribution < -0.4 is 4.90 Å². The number of benzene rings is 9. The maximum atomic E-state index is 2.66. The standard InChI is InChI=1S/C64H48N2S/c1-2-13-42(14-3-1)43-25-29-47(30-26-43)65(48-31-27-44(28-32-48)50-15-4-5-16-51(50)53-19-12-24-61-62(53)54-18-7-11-23-60(54)67-61)49-38-55-52-17-6-9-21-58(52)66-59-22-10-8-20-56(59)64(57(39-49)63(55)66)45-34-40-33-41(36-45)37-46(64)35-40/h1-32,38-41,45-46H,33-37H2. The molecule has 2 nitrogen and oxygen atoms in total. The highest BCUT2D eigenvalue weighted by Gasteiger charge is 2.61. The average molecular weight is 877 g/mol. The van der Waals surface area contributed by atoms with Crippen molar-refractivity contribution in [1.29, 1.82) is 0 Å². The zero-order valence-electron chi connectivity index (χ0n) is 37.3. The fourth-order valence-corrected chi connectivity index (χ4v) is 15.5. The Morgan fingerprint density at radius 1 is 0.418 bits per heavy atom. The third-order valence-corrected chi connectivity index (χ3v) is 17.9. The minimum atomic E-state index is -0.0182. The monoisotopic (exact) mass is 876 g/mol. The van der Waals surface area contributed by atoms with Gasteiger partial charge in [-0.2, -0.15) is 0 Å². The summed E-state index contributed by atoms with van der Waals surface area (Å²) >= 11 is 1.88. The first-order valence-corrected chi connectivity index (χ1v) is 25.2. The Labute approximate surface area is 395 Å². The largest absolute Gasteiger partial charge is 0.310 e. The predicted octanol–water partition coefficient (Wildman–Crippen LogP) is 17.7. The Balaban J connectivity index is 0.943. The number of anilines is 3. The lowest BCUT2D eigenvalue weighted by Crippen LogP contribution is -2.57. The van der Waals surface area contributed by atoms with Crippen LogP contribution in [0, 0.1) is 23.7 Å². The molecular weight excluding hydrogens is 829 g/mol. The summed E-state index contributed by atoms with van der Waals surface area (Å²) < 4.78 is 5.30. The van der Waals surface area contributed by atoms with Crippen LogP contribution in [0.2, 0.25) is 0 Å². The first-order valence-electron chi connectivity index (χ1n) is 24.4. The number of hydrogen-bond donors (Lipinski definition) is 0. The minimum Gasteiger partial charge on any atom is -0.310 e. The molecule has 0 atom stereocenters. The van der Waals surface area contributed by atoms with Crippen molar-refractivity contribution in [3.8, 4) is 39.1 Å². The molecule has 5 aliphatic rings. The Morgan fingerprint density at radius 2 is 1.01 bits per heavy atom. The van der Waals surface area contributed by atoms with E-state index in [-0.39, 0.29) is 5.41 Å². The van der Waals surface area contributed by atoms with Gasteiger partial charge in [-0.25, -0.2) is 0 Å². The van der Waals surface area contributed by atoms with E-state index >= 15 is 0 Å². The Hall–Kier alpha value is -7.20. The summed E-state index contributed by atoms with van der Waals surface area (Å²) in [6.07, 6.45) is 6.82. The Bertz CT molecular complexity index is 3730. The number of nitrogens with zero attached hydrogens (tertiary/aromatic N) is 2. The smallest absolute Gasteiger partial charge is 0.0584 e. The molecule has 0 saturated heterocycles. The van der Waals surface area contributed by atoms with Crippen LogP contribution >= 0.6 is 11.3 Å². The second-order valence-corrected chi connectivity index (χ2v) is 21.1. The van der Waals surface area contributed by atoms with Gasteiger partial charge < -0.3 is 9.47 Å². The second-order valence-electron chi connectivity index (χ2n) is 20.1. The first-order chi connectivity index (χ1) is 33.2. The molecular formula is C64H48N2S. The molecule has 9 aromatic carbocycles. The van der Waals surface area contributed by atoms with Crippen molar-refractivity contribution in [2.75, 3.05) is 4.90 Å². The second kappa shape index (κ2) is 14.4. The van der Waals surface area contributed by atoms with Crippen LogP contribution in [0.25, 0.3) is 81.0 Å². The summed E-state index contributed by atoms with van der Waals surface area (Å²) in [5.74, 6) is 3.03. The molecule has 1 spiro atoms. The van der Waals surface area contributed by atoms with Crippen molar-refractivity contribution < 1.29 is 0 Å². The first kappa shape index (κ1) is 38.0. The number of para-hydroxylation sites is 2. The zero-order chi connectivity index (χ0) is 43.8. The van der Waals surface area contributed by atoms with E-state index in [0.29, 0.717) is 11.8 Å². The van der Waals surface area contributed by atoms with E-state index in [2.05, 4.69) is 216 Å². The van der Waals surface area contributed by atoms with Crippen molar-refractivity contribution in [3.05, 3.63) is 217 Å². The van der Waals surface area contributed by atoms with Crippen LogP contribution in [0.4, 0.5) is 17.1 Å². The summed E-state index contributed by atoms with van der Waals surface area (Å²) in [7, 11) is 0. The topological polar surface area (TPSA) is 8.17 Å². The molecule has 2 aromatic heterocycles. The van der Waals surface area contributed by atoms with Gasteiger partial charge in [0, 0.05) is 53.4 Å². The van der Waals surface area contributed by atoms with E-state index in [9.17, 15) is 0 Å². The van der Waals surface area contributed by atoms with E-state index < -0.39 is 0 Å². The third kappa shape index (κ3) is 5.44. The highest BCUT2D eigenvalue weighted by atomic mass is 32.1. The molecule has 4 saturated carbocycles. The van der Waals surface area contributed by atoms with E-state index in [4.69, 9.17) is 0 Å². The summed E-state index contributed by atoms with van der Waals surface area (Å²) in [6.45, 7) is 0. The van der Waals surface area contributed by atoms with Crippen LogP contribution in [0.5, 0.6) is 0 Å². The van der Waals surface area contributed by atoms with Crippen molar-refractivity contribution in [3.63, 3.8) is 0 Å². The van der Waals surface area contributed by atoms with Crippen molar-refractivity contribution in [2.45, 2.75) is 37.5 Å². The summed E-state index contributed by atoms with van der Waals surface area (Å²) in [5, 5.41) is 5.36. The van der Waals surface area contributed by atoms with Gasteiger partial charge in [-0.05, 0) is 161 Å². The Kier molecular flexibility index (Phi) is 8.16. The van der Waals surface area contributed by atoms with Gasteiger partial charge in [-0.3, -0.25) is 0 Å². The van der Waals surface area contributed by atoms with E-state index in [1.807, 2.05) is 11.3 Å². The third-order valence-electron chi connectivity index (χ3n) is 16.8. The average Bonchev–Trinajstić information content (AvgIpc) is 3.93. The molecule has 1 aliphatic heterocycles. The molecule has 320 valence electrons. The quantitative estimate of drug-likeness (QED) is 0.162. The molecule has 3 heterocycles. The van der Waals surface area contributed by atoms with Crippen LogP contribution in [0.15, 0.2) is 206 Å². The molecule has 0 unspecified atom stereocenters. The number of thiophene rings is 1.